The number of nitrogens with zero attached hydrogens (tertiary/aromatic N) is 2. The van der Waals surface area contributed by atoms with Crippen LogP contribution in [0.2, 0.25) is 0 Å². The van der Waals surface area contributed by atoms with Gasteiger partial charge in [-0.25, -0.2) is 0 Å². The number of rotatable bonds is 8. The topological polar surface area (TPSA) is 51.1 Å². The summed E-state index contributed by atoms with van der Waals surface area (Å²) in [6.45, 7) is 13.0. The molecule has 0 spiro atoms. The lowest BCUT2D eigenvalue weighted by Gasteiger charge is -2.20. The second-order valence-corrected chi connectivity index (χ2v) is 10.3. The summed E-state index contributed by atoms with van der Waals surface area (Å²) in [5.74, 6) is 1.26. The molecule has 1 aliphatic heterocycles. The van der Waals surface area contributed by atoms with E-state index in [0.717, 1.165) is 20.8 Å². The van der Waals surface area contributed by atoms with Crippen molar-refractivity contribution < 1.29 is 14.3 Å². The summed E-state index contributed by atoms with van der Waals surface area (Å²) in [6.07, 6.45) is 1.89. The summed E-state index contributed by atoms with van der Waals surface area (Å²) < 4.78 is 12.8. The SMILES string of the molecule is CCOc1cc(/C=C2/SC(=NC(C)C)N(C(C)C)C2=O)cc(Br)c1OCc1cccc(C)c1. The summed E-state index contributed by atoms with van der Waals surface area (Å²) in [5.41, 5.74) is 3.14. The molecule has 176 valence electrons. The first-order valence-corrected chi connectivity index (χ1v) is 12.8. The summed E-state index contributed by atoms with van der Waals surface area (Å²) in [4.78, 5) is 20.1. The molecular formula is C26H31BrN2O3S. The first-order valence-electron chi connectivity index (χ1n) is 11.1. The molecule has 0 aromatic heterocycles. The third-order valence-corrected chi connectivity index (χ3v) is 6.40. The maximum Gasteiger partial charge on any atom is 0.266 e. The fourth-order valence-corrected chi connectivity index (χ4v) is 5.24. The van der Waals surface area contributed by atoms with Gasteiger partial charge in [-0.1, -0.05) is 29.8 Å². The molecule has 3 rings (SSSR count). The van der Waals surface area contributed by atoms with E-state index in [9.17, 15) is 4.79 Å². The maximum absolute atomic E-state index is 13.1. The van der Waals surface area contributed by atoms with E-state index >= 15 is 0 Å². The lowest BCUT2D eigenvalue weighted by atomic mass is 10.1. The largest absolute Gasteiger partial charge is 0.490 e. The quantitative estimate of drug-likeness (QED) is 0.351. The Balaban J connectivity index is 1.91. The van der Waals surface area contributed by atoms with E-state index in [1.807, 2.05) is 65.0 Å². The van der Waals surface area contributed by atoms with Crippen molar-refractivity contribution in [3.8, 4) is 11.5 Å². The van der Waals surface area contributed by atoms with Gasteiger partial charge in [0, 0.05) is 12.1 Å². The van der Waals surface area contributed by atoms with Gasteiger partial charge >= 0.3 is 0 Å². The fourth-order valence-electron chi connectivity index (χ4n) is 3.44. The number of carbonyl (C=O) groups excluding carboxylic acids is 1. The van der Waals surface area contributed by atoms with Crippen molar-refractivity contribution in [3.63, 3.8) is 0 Å². The summed E-state index contributed by atoms with van der Waals surface area (Å²) in [5, 5.41) is 0.749. The number of halogens is 1. The number of hydrogen-bond acceptors (Lipinski definition) is 5. The highest BCUT2D eigenvalue weighted by molar-refractivity contribution is 9.10. The Kier molecular flexibility index (Phi) is 8.65. The molecule has 2 aromatic carbocycles. The molecule has 0 aliphatic carbocycles. The maximum atomic E-state index is 13.1. The number of aliphatic imine (C=N–C) groups is 1. The van der Waals surface area contributed by atoms with E-state index in [4.69, 9.17) is 9.47 Å². The van der Waals surface area contributed by atoms with Crippen molar-refractivity contribution in [1.82, 2.24) is 4.90 Å². The van der Waals surface area contributed by atoms with Gasteiger partial charge in [-0.3, -0.25) is 14.7 Å². The van der Waals surface area contributed by atoms with Crippen LogP contribution in [-0.2, 0) is 11.4 Å². The van der Waals surface area contributed by atoms with Crippen molar-refractivity contribution >= 4 is 44.8 Å². The lowest BCUT2D eigenvalue weighted by molar-refractivity contribution is -0.123. The van der Waals surface area contributed by atoms with Crippen LogP contribution >= 0.6 is 27.7 Å². The Morgan fingerprint density at radius 3 is 2.55 bits per heavy atom. The molecule has 0 atom stereocenters. The number of hydrogen-bond donors (Lipinski definition) is 0. The first kappa shape index (κ1) is 25.4. The Morgan fingerprint density at radius 2 is 1.91 bits per heavy atom. The highest BCUT2D eigenvalue weighted by Gasteiger charge is 2.35. The summed E-state index contributed by atoms with van der Waals surface area (Å²) in [6, 6.07) is 12.3. The molecule has 7 heteroatoms. The van der Waals surface area contributed by atoms with Crippen LogP contribution in [0, 0.1) is 6.92 Å². The van der Waals surface area contributed by atoms with E-state index in [0.29, 0.717) is 29.6 Å². The lowest BCUT2D eigenvalue weighted by Crippen LogP contribution is -2.35. The van der Waals surface area contributed by atoms with Crippen molar-refractivity contribution in [2.24, 2.45) is 4.99 Å². The van der Waals surface area contributed by atoms with Gasteiger partial charge < -0.3 is 9.47 Å². The number of thioether (sulfide) groups is 1. The zero-order valence-corrected chi connectivity index (χ0v) is 22.4. The second-order valence-electron chi connectivity index (χ2n) is 8.43. The highest BCUT2D eigenvalue weighted by Crippen LogP contribution is 2.40. The van der Waals surface area contributed by atoms with Crippen molar-refractivity contribution in [2.75, 3.05) is 6.61 Å². The predicted molar refractivity (Wildman–Crippen MR) is 141 cm³/mol. The molecule has 1 saturated heterocycles. The molecular weight excluding hydrogens is 500 g/mol. The van der Waals surface area contributed by atoms with Crippen molar-refractivity contribution in [2.45, 2.75) is 60.2 Å². The Labute approximate surface area is 209 Å². The standard InChI is InChI=1S/C26H31BrN2O3S/c1-7-31-22-13-20(12-21(27)24(22)32-15-19-10-8-9-18(6)11-19)14-23-25(30)29(17(4)5)26(33-23)28-16(2)3/h8-14,16-17H,7,15H2,1-6H3/b23-14+,28-26?. The highest BCUT2D eigenvalue weighted by atomic mass is 79.9. The van der Waals surface area contributed by atoms with Crippen LogP contribution in [0.1, 0.15) is 51.3 Å². The summed E-state index contributed by atoms with van der Waals surface area (Å²) in [7, 11) is 0. The van der Waals surface area contributed by atoms with E-state index in [2.05, 4.69) is 40.0 Å². The molecule has 0 bridgehead atoms. The van der Waals surface area contributed by atoms with Gasteiger partial charge in [-0.05, 0) is 98.6 Å². The van der Waals surface area contributed by atoms with Crippen LogP contribution in [0.15, 0.2) is 50.8 Å². The molecule has 1 amide bonds. The van der Waals surface area contributed by atoms with Crippen LogP contribution in [0.3, 0.4) is 0 Å². The van der Waals surface area contributed by atoms with Crippen LogP contribution in [0.5, 0.6) is 11.5 Å². The third kappa shape index (κ3) is 6.42. The minimum atomic E-state index is -0.0248. The average molecular weight is 532 g/mol. The van der Waals surface area contributed by atoms with Gasteiger partial charge in [0.05, 0.1) is 16.0 Å². The van der Waals surface area contributed by atoms with Gasteiger partial charge in [0.25, 0.3) is 5.91 Å². The summed E-state index contributed by atoms with van der Waals surface area (Å²) >= 11 is 5.06. The molecule has 2 aromatic rings. The Hall–Kier alpha value is -2.25. The van der Waals surface area contributed by atoms with Gasteiger partial charge in [0.1, 0.15) is 6.61 Å². The minimum Gasteiger partial charge on any atom is -0.490 e. The zero-order chi connectivity index (χ0) is 24.1. The van der Waals surface area contributed by atoms with Gasteiger partial charge in [-0.2, -0.15) is 0 Å². The normalized spacial score (nSPS) is 16.5. The Morgan fingerprint density at radius 1 is 1.15 bits per heavy atom. The molecule has 33 heavy (non-hydrogen) atoms. The molecule has 0 unspecified atom stereocenters. The molecule has 5 nitrogen and oxygen atoms in total. The molecule has 1 heterocycles. The molecule has 0 saturated carbocycles. The number of benzene rings is 2. The van der Waals surface area contributed by atoms with Gasteiger partial charge in [-0.15, -0.1) is 0 Å². The molecule has 0 radical (unpaired) electrons. The van der Waals surface area contributed by atoms with E-state index in [1.54, 1.807) is 4.90 Å². The molecule has 0 N–H and O–H groups in total. The van der Waals surface area contributed by atoms with E-state index in [1.165, 1.54) is 17.3 Å². The average Bonchev–Trinajstić information content (AvgIpc) is 3.01. The van der Waals surface area contributed by atoms with E-state index < -0.39 is 0 Å². The number of carbonyl (C=O) groups is 1. The Bertz CT molecular complexity index is 1080. The van der Waals surface area contributed by atoms with Crippen molar-refractivity contribution in [1.29, 1.82) is 0 Å². The molecule has 1 fully saturated rings. The van der Waals surface area contributed by atoms with E-state index in [-0.39, 0.29) is 18.0 Å². The first-order chi connectivity index (χ1) is 15.7. The number of ether oxygens (including phenoxy) is 2. The van der Waals surface area contributed by atoms with Crippen LogP contribution in [0.4, 0.5) is 0 Å². The second kappa shape index (κ2) is 11.3. The third-order valence-electron chi connectivity index (χ3n) is 4.82. The predicted octanol–water partition coefficient (Wildman–Crippen LogP) is 6.82. The number of aryl methyl sites for hydroxylation is 1. The van der Waals surface area contributed by atoms with Crippen LogP contribution < -0.4 is 9.47 Å². The van der Waals surface area contributed by atoms with Gasteiger partial charge in [0.15, 0.2) is 16.7 Å². The fraction of sp³-hybridized carbons (Fsp3) is 0.385. The minimum absolute atomic E-state index is 0.0248. The smallest absolute Gasteiger partial charge is 0.266 e. The van der Waals surface area contributed by atoms with Gasteiger partial charge in [0.2, 0.25) is 0 Å². The monoisotopic (exact) mass is 530 g/mol. The van der Waals surface area contributed by atoms with Crippen LogP contribution in [0.25, 0.3) is 6.08 Å². The number of amidine groups is 1. The zero-order valence-electron chi connectivity index (χ0n) is 20.0. The van der Waals surface area contributed by atoms with Crippen molar-refractivity contribution in [3.05, 3.63) is 62.5 Å². The number of amides is 1. The van der Waals surface area contributed by atoms with Crippen LogP contribution in [-0.4, -0.2) is 34.7 Å². The molecule has 1 aliphatic rings.